The van der Waals surface area contributed by atoms with E-state index < -0.39 is 21.6 Å². The van der Waals surface area contributed by atoms with Crippen LogP contribution in [0.1, 0.15) is 37.0 Å². The summed E-state index contributed by atoms with van der Waals surface area (Å²) in [6.07, 6.45) is 1.28. The highest BCUT2D eigenvalue weighted by atomic mass is 35.5. The number of benzene rings is 1. The second-order valence-electron chi connectivity index (χ2n) is 4.53. The number of aromatic carboxylic acids is 1. The number of rotatable bonds is 6. The largest absolute Gasteiger partial charge is 0.478 e. The lowest BCUT2D eigenvalue weighted by Gasteiger charge is -2.26. The summed E-state index contributed by atoms with van der Waals surface area (Å²) in [7, 11) is -2.43. The van der Waals surface area contributed by atoms with E-state index >= 15 is 0 Å². The lowest BCUT2D eigenvalue weighted by atomic mass is 10.2. The van der Waals surface area contributed by atoms with E-state index in [2.05, 4.69) is 0 Å². The molecule has 118 valence electrons. The molecular weight excluding hydrogens is 337 g/mol. The Kier molecular flexibility index (Phi) is 6.04. The molecule has 0 spiro atoms. The molecule has 0 unspecified atom stereocenters. The van der Waals surface area contributed by atoms with E-state index in [0.29, 0.717) is 12.8 Å². The molecule has 1 N–H and O–H groups in total. The van der Waals surface area contributed by atoms with E-state index in [1.165, 1.54) is 23.5 Å². The summed E-state index contributed by atoms with van der Waals surface area (Å²) >= 11 is 11.7. The average molecular weight is 354 g/mol. The minimum absolute atomic E-state index is 0.100. The number of carboxylic acids is 1. The standard InChI is InChI=1S/C13H17Cl2NO4S/c1-4-8(5-2)16(3)21(19,20)10-7-6-9(14)11(12(10)15)13(17)18/h6-8H,4-5H2,1-3H3,(H,17,18). The predicted molar refractivity (Wildman–Crippen MR) is 82.7 cm³/mol. The van der Waals surface area contributed by atoms with Gasteiger partial charge in [-0.1, -0.05) is 37.0 Å². The van der Waals surface area contributed by atoms with Crippen molar-refractivity contribution in [1.29, 1.82) is 0 Å². The van der Waals surface area contributed by atoms with Gasteiger partial charge in [0, 0.05) is 13.1 Å². The molecule has 0 aromatic heterocycles. The minimum Gasteiger partial charge on any atom is -0.478 e. The third-order valence-electron chi connectivity index (χ3n) is 3.38. The molecule has 0 fully saturated rings. The van der Waals surface area contributed by atoms with Crippen LogP contribution in [0.4, 0.5) is 0 Å². The first-order chi connectivity index (χ1) is 9.68. The van der Waals surface area contributed by atoms with Crippen molar-refractivity contribution >= 4 is 39.2 Å². The lowest BCUT2D eigenvalue weighted by Crippen LogP contribution is -2.36. The first kappa shape index (κ1) is 18.2. The SMILES string of the molecule is CCC(CC)N(C)S(=O)(=O)c1ccc(Cl)c(C(=O)O)c1Cl. The Morgan fingerprint density at radius 2 is 1.81 bits per heavy atom. The van der Waals surface area contributed by atoms with Crippen LogP contribution in [-0.2, 0) is 10.0 Å². The molecule has 0 aliphatic rings. The summed E-state index contributed by atoms with van der Waals surface area (Å²) in [4.78, 5) is 10.9. The van der Waals surface area contributed by atoms with Crippen molar-refractivity contribution < 1.29 is 18.3 Å². The number of hydrogen-bond acceptors (Lipinski definition) is 3. The van der Waals surface area contributed by atoms with E-state index in [4.69, 9.17) is 28.3 Å². The summed E-state index contributed by atoms with van der Waals surface area (Å²) in [5.41, 5.74) is -0.405. The van der Waals surface area contributed by atoms with Gasteiger partial charge in [-0.15, -0.1) is 0 Å². The van der Waals surface area contributed by atoms with Gasteiger partial charge >= 0.3 is 5.97 Å². The summed E-state index contributed by atoms with van der Waals surface area (Å²) < 4.78 is 26.4. The van der Waals surface area contributed by atoms with Gasteiger partial charge in [-0.05, 0) is 25.0 Å². The Bertz CT molecular complexity index is 642. The summed E-state index contributed by atoms with van der Waals surface area (Å²) in [6, 6.07) is 2.27. The zero-order valence-corrected chi connectivity index (χ0v) is 14.3. The van der Waals surface area contributed by atoms with Gasteiger partial charge in [-0.2, -0.15) is 4.31 Å². The van der Waals surface area contributed by atoms with Crippen molar-refractivity contribution in [2.24, 2.45) is 0 Å². The van der Waals surface area contributed by atoms with Crippen LogP contribution in [0.25, 0.3) is 0 Å². The Morgan fingerprint density at radius 3 is 2.24 bits per heavy atom. The van der Waals surface area contributed by atoms with Gasteiger partial charge in [0.2, 0.25) is 10.0 Å². The molecule has 0 saturated heterocycles. The van der Waals surface area contributed by atoms with E-state index in [-0.39, 0.29) is 21.0 Å². The van der Waals surface area contributed by atoms with E-state index in [1.54, 1.807) is 0 Å². The smallest absolute Gasteiger partial charge is 0.338 e. The van der Waals surface area contributed by atoms with Gasteiger partial charge in [0.25, 0.3) is 0 Å². The maximum atomic E-state index is 12.6. The number of carboxylic acid groups (broad SMARTS) is 1. The van der Waals surface area contributed by atoms with Crippen molar-refractivity contribution in [2.45, 2.75) is 37.6 Å². The second kappa shape index (κ2) is 6.96. The molecule has 0 atom stereocenters. The molecule has 0 radical (unpaired) electrons. The summed E-state index contributed by atoms with van der Waals surface area (Å²) in [5.74, 6) is -1.37. The average Bonchev–Trinajstić information content (AvgIpc) is 2.39. The van der Waals surface area contributed by atoms with Crippen molar-refractivity contribution in [3.8, 4) is 0 Å². The molecule has 1 rings (SSSR count). The third-order valence-corrected chi connectivity index (χ3v) is 6.16. The highest BCUT2D eigenvalue weighted by Crippen LogP contribution is 2.33. The fourth-order valence-electron chi connectivity index (χ4n) is 2.08. The van der Waals surface area contributed by atoms with Crippen LogP contribution in [0.2, 0.25) is 10.0 Å². The van der Waals surface area contributed by atoms with Gasteiger partial charge in [-0.25, -0.2) is 13.2 Å². The van der Waals surface area contributed by atoms with Crippen LogP contribution >= 0.6 is 23.2 Å². The molecule has 8 heteroatoms. The second-order valence-corrected chi connectivity index (χ2v) is 7.28. The molecule has 0 bridgehead atoms. The maximum absolute atomic E-state index is 12.6. The number of sulfonamides is 1. The number of hydrogen-bond donors (Lipinski definition) is 1. The van der Waals surface area contributed by atoms with Gasteiger partial charge in [0.15, 0.2) is 0 Å². The van der Waals surface area contributed by atoms with Crippen molar-refractivity contribution in [2.75, 3.05) is 7.05 Å². The van der Waals surface area contributed by atoms with E-state index in [1.807, 2.05) is 13.8 Å². The van der Waals surface area contributed by atoms with Crippen LogP contribution in [0.5, 0.6) is 0 Å². The molecule has 0 aliphatic carbocycles. The molecule has 1 aromatic carbocycles. The molecule has 1 aromatic rings. The van der Waals surface area contributed by atoms with Crippen LogP contribution in [0, 0.1) is 0 Å². The van der Waals surface area contributed by atoms with E-state index in [9.17, 15) is 13.2 Å². The maximum Gasteiger partial charge on any atom is 0.338 e. The Morgan fingerprint density at radius 1 is 1.29 bits per heavy atom. The third kappa shape index (κ3) is 3.51. The van der Waals surface area contributed by atoms with Crippen molar-refractivity contribution in [3.63, 3.8) is 0 Å². The topological polar surface area (TPSA) is 74.7 Å². The molecule has 0 aliphatic heterocycles. The quantitative estimate of drug-likeness (QED) is 0.848. The Hall–Kier alpha value is -0.820. The zero-order chi connectivity index (χ0) is 16.4. The van der Waals surface area contributed by atoms with Crippen LogP contribution < -0.4 is 0 Å². The fourth-order valence-corrected chi connectivity index (χ4v) is 4.48. The molecular formula is C13H17Cl2NO4S. The summed E-state index contributed by atoms with van der Waals surface area (Å²) in [5, 5.41) is 8.63. The summed E-state index contributed by atoms with van der Waals surface area (Å²) in [6.45, 7) is 3.76. The number of halogens is 2. The van der Waals surface area contributed by atoms with Gasteiger partial charge < -0.3 is 5.11 Å². The normalized spacial score (nSPS) is 12.1. The Labute approximate surface area is 134 Å². The fraction of sp³-hybridized carbons (Fsp3) is 0.462. The lowest BCUT2D eigenvalue weighted by molar-refractivity contribution is 0.0697. The van der Waals surface area contributed by atoms with Crippen LogP contribution in [-0.4, -0.2) is 36.9 Å². The Balaban J connectivity index is 3.46. The minimum atomic E-state index is -3.89. The van der Waals surface area contributed by atoms with Crippen LogP contribution in [0.3, 0.4) is 0 Å². The predicted octanol–water partition coefficient (Wildman–Crippen LogP) is 3.50. The highest BCUT2D eigenvalue weighted by molar-refractivity contribution is 7.89. The molecule has 0 saturated carbocycles. The molecule has 0 heterocycles. The zero-order valence-electron chi connectivity index (χ0n) is 11.9. The monoisotopic (exact) mass is 353 g/mol. The molecule has 21 heavy (non-hydrogen) atoms. The van der Waals surface area contributed by atoms with Gasteiger partial charge in [0.05, 0.1) is 15.6 Å². The van der Waals surface area contributed by atoms with Crippen molar-refractivity contribution in [3.05, 3.63) is 27.7 Å². The van der Waals surface area contributed by atoms with Gasteiger partial charge in [-0.3, -0.25) is 0 Å². The van der Waals surface area contributed by atoms with E-state index in [0.717, 1.165) is 0 Å². The number of carbonyl (C=O) groups is 1. The molecule has 5 nitrogen and oxygen atoms in total. The van der Waals surface area contributed by atoms with Gasteiger partial charge in [0.1, 0.15) is 4.90 Å². The first-order valence-electron chi connectivity index (χ1n) is 6.37. The van der Waals surface area contributed by atoms with Crippen LogP contribution in [0.15, 0.2) is 17.0 Å². The first-order valence-corrected chi connectivity index (χ1v) is 8.57. The van der Waals surface area contributed by atoms with Crippen molar-refractivity contribution in [1.82, 2.24) is 4.31 Å². The molecule has 0 amide bonds. The number of nitrogens with zero attached hydrogens (tertiary/aromatic N) is 1. The highest BCUT2D eigenvalue weighted by Gasteiger charge is 2.30.